The quantitative estimate of drug-likeness (QED) is 0.898. The van der Waals surface area contributed by atoms with Crippen LogP contribution >= 0.6 is 0 Å². The molecule has 0 fully saturated rings. The smallest absolute Gasteiger partial charge is 0.287 e. The highest BCUT2D eigenvalue weighted by atomic mass is 19.1. The van der Waals surface area contributed by atoms with Crippen molar-refractivity contribution in [2.24, 2.45) is 0 Å². The number of anilines is 1. The lowest BCUT2D eigenvalue weighted by atomic mass is 10.3. The van der Waals surface area contributed by atoms with E-state index in [0.717, 1.165) is 0 Å². The van der Waals surface area contributed by atoms with E-state index < -0.39 is 11.8 Å². The SMILES string of the molecule is Cc1ccc(C(=O)NCC(=O)Nc2ccc(F)cc2)o1. The maximum absolute atomic E-state index is 12.7. The van der Waals surface area contributed by atoms with Crippen molar-refractivity contribution in [3.05, 3.63) is 53.7 Å². The Bertz CT molecular complexity index is 620. The van der Waals surface area contributed by atoms with Crippen LogP contribution in [0, 0.1) is 12.7 Å². The zero-order chi connectivity index (χ0) is 14.5. The number of rotatable bonds is 4. The molecule has 2 rings (SSSR count). The van der Waals surface area contributed by atoms with Gasteiger partial charge in [-0.05, 0) is 43.3 Å². The molecule has 5 nitrogen and oxygen atoms in total. The second-order valence-electron chi connectivity index (χ2n) is 4.15. The lowest BCUT2D eigenvalue weighted by molar-refractivity contribution is -0.115. The fraction of sp³-hybridized carbons (Fsp3) is 0.143. The summed E-state index contributed by atoms with van der Waals surface area (Å²) in [6.45, 7) is 1.52. The molecular weight excluding hydrogens is 263 g/mol. The average Bonchev–Trinajstić information content (AvgIpc) is 2.85. The largest absolute Gasteiger partial charge is 0.456 e. The van der Waals surface area contributed by atoms with Crippen LogP contribution in [0.25, 0.3) is 0 Å². The van der Waals surface area contributed by atoms with Gasteiger partial charge in [0.2, 0.25) is 5.91 Å². The van der Waals surface area contributed by atoms with Gasteiger partial charge >= 0.3 is 0 Å². The first-order chi connectivity index (χ1) is 9.54. The number of furan rings is 1. The minimum atomic E-state index is -0.465. The molecule has 1 aromatic heterocycles. The summed E-state index contributed by atoms with van der Waals surface area (Å²) >= 11 is 0. The third-order valence-electron chi connectivity index (χ3n) is 2.50. The van der Waals surface area contributed by atoms with E-state index in [9.17, 15) is 14.0 Å². The third kappa shape index (κ3) is 3.68. The van der Waals surface area contributed by atoms with Crippen molar-refractivity contribution in [2.45, 2.75) is 6.92 Å². The van der Waals surface area contributed by atoms with Crippen LogP contribution in [0.1, 0.15) is 16.3 Å². The first-order valence-electron chi connectivity index (χ1n) is 5.94. The number of hydrogen-bond acceptors (Lipinski definition) is 3. The summed E-state index contributed by atoms with van der Waals surface area (Å²) < 4.78 is 17.8. The van der Waals surface area contributed by atoms with Crippen molar-refractivity contribution in [3.63, 3.8) is 0 Å². The minimum absolute atomic E-state index is 0.150. The van der Waals surface area contributed by atoms with Gasteiger partial charge in [0.05, 0.1) is 6.54 Å². The van der Waals surface area contributed by atoms with Gasteiger partial charge in [0.15, 0.2) is 5.76 Å². The number of aryl methyl sites for hydroxylation is 1. The van der Waals surface area contributed by atoms with Crippen LogP contribution in [-0.2, 0) is 4.79 Å². The van der Waals surface area contributed by atoms with E-state index in [4.69, 9.17) is 4.42 Å². The van der Waals surface area contributed by atoms with Gasteiger partial charge in [-0.25, -0.2) is 4.39 Å². The van der Waals surface area contributed by atoms with Crippen molar-refractivity contribution in [3.8, 4) is 0 Å². The summed E-state index contributed by atoms with van der Waals surface area (Å²) in [6, 6.07) is 8.53. The van der Waals surface area contributed by atoms with E-state index >= 15 is 0 Å². The molecule has 0 aliphatic carbocycles. The highest BCUT2D eigenvalue weighted by molar-refractivity contribution is 5.98. The van der Waals surface area contributed by atoms with Crippen LogP contribution < -0.4 is 10.6 Å². The average molecular weight is 276 g/mol. The summed E-state index contributed by atoms with van der Waals surface area (Å²) in [4.78, 5) is 23.2. The van der Waals surface area contributed by atoms with Gasteiger partial charge in [0.25, 0.3) is 5.91 Å². The number of hydrogen-bond donors (Lipinski definition) is 2. The summed E-state index contributed by atoms with van der Waals surface area (Å²) in [5.74, 6) is -0.493. The summed E-state index contributed by atoms with van der Waals surface area (Å²) in [5, 5.41) is 4.96. The molecule has 0 aliphatic rings. The Kier molecular flexibility index (Phi) is 4.14. The van der Waals surface area contributed by atoms with Crippen molar-refractivity contribution in [1.82, 2.24) is 5.32 Å². The molecule has 2 amide bonds. The fourth-order valence-electron chi connectivity index (χ4n) is 1.54. The Balaban J connectivity index is 1.83. The van der Waals surface area contributed by atoms with E-state index in [1.807, 2.05) is 0 Å². The number of nitrogens with one attached hydrogen (secondary N) is 2. The molecule has 20 heavy (non-hydrogen) atoms. The molecule has 0 bridgehead atoms. The molecule has 0 radical (unpaired) electrons. The first kappa shape index (κ1) is 13.8. The van der Waals surface area contributed by atoms with Crippen molar-refractivity contribution in [1.29, 1.82) is 0 Å². The van der Waals surface area contributed by atoms with E-state index in [-0.39, 0.29) is 18.1 Å². The van der Waals surface area contributed by atoms with Crippen molar-refractivity contribution < 1.29 is 18.4 Å². The lowest BCUT2D eigenvalue weighted by Crippen LogP contribution is -2.32. The minimum Gasteiger partial charge on any atom is -0.456 e. The molecule has 104 valence electrons. The van der Waals surface area contributed by atoms with Gasteiger partial charge in [-0.3, -0.25) is 9.59 Å². The third-order valence-corrected chi connectivity index (χ3v) is 2.50. The molecule has 0 saturated heterocycles. The molecule has 2 aromatic rings. The van der Waals surface area contributed by atoms with Crippen molar-refractivity contribution in [2.75, 3.05) is 11.9 Å². The zero-order valence-electron chi connectivity index (χ0n) is 10.8. The second-order valence-corrected chi connectivity index (χ2v) is 4.15. The maximum atomic E-state index is 12.7. The van der Waals surface area contributed by atoms with Gasteiger partial charge in [-0.15, -0.1) is 0 Å². The maximum Gasteiger partial charge on any atom is 0.287 e. The first-order valence-corrected chi connectivity index (χ1v) is 5.94. The lowest BCUT2D eigenvalue weighted by Gasteiger charge is -2.05. The standard InChI is InChI=1S/C14H13FN2O3/c1-9-2-7-12(20-9)14(19)16-8-13(18)17-11-5-3-10(15)4-6-11/h2-7H,8H2,1H3,(H,16,19)(H,17,18). The Hall–Kier alpha value is -2.63. The summed E-state index contributed by atoms with van der Waals surface area (Å²) in [7, 11) is 0. The van der Waals surface area contributed by atoms with E-state index in [0.29, 0.717) is 11.4 Å². The number of halogens is 1. The highest BCUT2D eigenvalue weighted by Crippen LogP contribution is 2.08. The van der Waals surface area contributed by atoms with E-state index in [2.05, 4.69) is 10.6 Å². The van der Waals surface area contributed by atoms with Crippen LogP contribution in [-0.4, -0.2) is 18.4 Å². The van der Waals surface area contributed by atoms with Crippen molar-refractivity contribution >= 4 is 17.5 Å². The van der Waals surface area contributed by atoms with E-state index in [1.54, 1.807) is 13.0 Å². The summed E-state index contributed by atoms with van der Waals surface area (Å²) in [6.07, 6.45) is 0. The molecular formula is C14H13FN2O3. The molecule has 0 atom stereocenters. The molecule has 0 spiro atoms. The van der Waals surface area contributed by atoms with Crippen LogP contribution in [0.3, 0.4) is 0 Å². The predicted molar refractivity (Wildman–Crippen MR) is 70.8 cm³/mol. The molecule has 6 heteroatoms. The second kappa shape index (κ2) is 6.01. The van der Waals surface area contributed by atoms with Gasteiger partial charge in [0.1, 0.15) is 11.6 Å². The fourth-order valence-corrected chi connectivity index (χ4v) is 1.54. The van der Waals surface area contributed by atoms with Crippen LogP contribution in [0.5, 0.6) is 0 Å². The number of amides is 2. The molecule has 1 aromatic carbocycles. The Morgan fingerprint density at radius 2 is 1.85 bits per heavy atom. The molecule has 2 N–H and O–H groups in total. The number of carbonyl (C=O) groups excluding carboxylic acids is 2. The Labute approximate surface area is 114 Å². The predicted octanol–water partition coefficient (Wildman–Crippen LogP) is 2.10. The zero-order valence-corrected chi connectivity index (χ0v) is 10.8. The van der Waals surface area contributed by atoms with Gasteiger partial charge in [0, 0.05) is 5.69 Å². The van der Waals surface area contributed by atoms with Gasteiger partial charge < -0.3 is 15.1 Å². The van der Waals surface area contributed by atoms with E-state index in [1.165, 1.54) is 30.3 Å². The molecule has 0 saturated carbocycles. The number of carbonyl (C=O) groups is 2. The molecule has 1 heterocycles. The summed E-state index contributed by atoms with van der Waals surface area (Å²) in [5.41, 5.74) is 0.458. The number of benzene rings is 1. The van der Waals surface area contributed by atoms with Crippen LogP contribution in [0.15, 0.2) is 40.8 Å². The molecule has 0 aliphatic heterocycles. The monoisotopic (exact) mass is 276 g/mol. The Morgan fingerprint density at radius 3 is 2.45 bits per heavy atom. The molecule has 0 unspecified atom stereocenters. The normalized spacial score (nSPS) is 10.1. The van der Waals surface area contributed by atoms with Gasteiger partial charge in [-0.1, -0.05) is 0 Å². The Morgan fingerprint density at radius 1 is 1.15 bits per heavy atom. The van der Waals surface area contributed by atoms with Crippen LogP contribution in [0.2, 0.25) is 0 Å². The van der Waals surface area contributed by atoms with Gasteiger partial charge in [-0.2, -0.15) is 0 Å². The highest BCUT2D eigenvalue weighted by Gasteiger charge is 2.11. The topological polar surface area (TPSA) is 71.3 Å². The van der Waals surface area contributed by atoms with Crippen LogP contribution in [0.4, 0.5) is 10.1 Å².